The number of halogens is 1. The van der Waals surface area contributed by atoms with E-state index in [4.69, 9.17) is 11.6 Å². The number of rotatable bonds is 4. The molecule has 2 rings (SSSR count). The molecule has 1 aromatic carbocycles. The number of carbonyl (C=O) groups is 1. The minimum atomic E-state index is -0.428. The number of aryl methyl sites for hydroxylation is 1. The summed E-state index contributed by atoms with van der Waals surface area (Å²) >= 11 is 5.85. The van der Waals surface area contributed by atoms with Crippen LogP contribution in [0, 0.1) is 0 Å². The van der Waals surface area contributed by atoms with Gasteiger partial charge in [-0.25, -0.2) is 0 Å². The summed E-state index contributed by atoms with van der Waals surface area (Å²) in [7, 11) is 1.75. The molecule has 5 heteroatoms. The summed E-state index contributed by atoms with van der Waals surface area (Å²) in [5.74, 6) is -0.266. The lowest BCUT2D eigenvalue weighted by molar-refractivity contribution is 0.0908. The molecule has 1 amide bonds. The number of benzene rings is 1. The van der Waals surface area contributed by atoms with Gasteiger partial charge in [-0.3, -0.25) is 4.79 Å². The van der Waals surface area contributed by atoms with E-state index in [0.29, 0.717) is 10.7 Å². The Labute approximate surface area is 116 Å². The number of aliphatic hydroxyl groups excluding tert-OH is 1. The first-order chi connectivity index (χ1) is 9.11. The molecule has 0 aliphatic carbocycles. The van der Waals surface area contributed by atoms with Gasteiger partial charge in [0.2, 0.25) is 0 Å². The zero-order valence-corrected chi connectivity index (χ0v) is 11.3. The van der Waals surface area contributed by atoms with Crippen molar-refractivity contribution < 1.29 is 9.90 Å². The molecule has 1 atom stereocenters. The molecule has 0 radical (unpaired) electrons. The molecule has 1 aromatic heterocycles. The highest BCUT2D eigenvalue weighted by atomic mass is 35.5. The maximum Gasteiger partial charge on any atom is 0.268 e. The number of hydrogen-bond donors (Lipinski definition) is 2. The van der Waals surface area contributed by atoms with Crippen LogP contribution < -0.4 is 5.32 Å². The third-order valence-corrected chi connectivity index (χ3v) is 3.10. The average Bonchev–Trinajstić information content (AvgIpc) is 2.76. The van der Waals surface area contributed by atoms with Crippen molar-refractivity contribution >= 4 is 17.5 Å². The first kappa shape index (κ1) is 13.6. The fourth-order valence-corrected chi connectivity index (χ4v) is 2.15. The van der Waals surface area contributed by atoms with E-state index in [-0.39, 0.29) is 12.5 Å². The van der Waals surface area contributed by atoms with E-state index < -0.39 is 6.04 Å². The van der Waals surface area contributed by atoms with Crippen LogP contribution in [0.4, 0.5) is 0 Å². The van der Waals surface area contributed by atoms with Crippen LogP contribution in [0.25, 0.3) is 0 Å². The topological polar surface area (TPSA) is 54.3 Å². The van der Waals surface area contributed by atoms with Crippen molar-refractivity contribution in [2.45, 2.75) is 6.04 Å². The molecular weight excluding hydrogens is 264 g/mol. The zero-order valence-electron chi connectivity index (χ0n) is 10.5. The number of aromatic nitrogens is 1. The molecule has 1 heterocycles. The fourth-order valence-electron chi connectivity index (χ4n) is 1.90. The van der Waals surface area contributed by atoms with Crippen LogP contribution in [0.1, 0.15) is 22.1 Å². The summed E-state index contributed by atoms with van der Waals surface area (Å²) < 4.78 is 1.65. The standard InChI is InChI=1S/C14H15ClN2O2/c1-17-8-11(15)7-13(17)14(19)16-12(9-18)10-5-3-2-4-6-10/h2-8,12,18H,9H2,1H3,(H,16,19)/t12-/m1/s1. The highest BCUT2D eigenvalue weighted by molar-refractivity contribution is 6.31. The summed E-state index contributed by atoms with van der Waals surface area (Å²) in [6.45, 7) is -0.159. The molecule has 0 spiro atoms. The predicted octanol–water partition coefficient (Wildman–Crippen LogP) is 2.14. The number of nitrogens with one attached hydrogen (secondary N) is 1. The van der Waals surface area contributed by atoms with Gasteiger partial charge in [0.05, 0.1) is 17.7 Å². The molecule has 4 nitrogen and oxygen atoms in total. The third-order valence-electron chi connectivity index (χ3n) is 2.89. The lowest BCUT2D eigenvalue weighted by atomic mass is 10.1. The van der Waals surface area contributed by atoms with Crippen LogP contribution in [-0.4, -0.2) is 22.2 Å². The molecule has 0 saturated carbocycles. The van der Waals surface area contributed by atoms with Gasteiger partial charge in [-0.1, -0.05) is 41.9 Å². The molecule has 2 aromatic rings. The number of carbonyl (C=O) groups excluding carboxylic acids is 1. The largest absolute Gasteiger partial charge is 0.394 e. The summed E-state index contributed by atoms with van der Waals surface area (Å²) in [6.07, 6.45) is 1.66. The van der Waals surface area contributed by atoms with Crippen molar-refractivity contribution in [3.63, 3.8) is 0 Å². The highest BCUT2D eigenvalue weighted by Crippen LogP contribution is 2.16. The fraction of sp³-hybridized carbons (Fsp3) is 0.214. The quantitative estimate of drug-likeness (QED) is 0.900. The molecule has 0 unspecified atom stereocenters. The van der Waals surface area contributed by atoms with Gasteiger partial charge in [-0.2, -0.15) is 0 Å². The summed E-state index contributed by atoms with van der Waals surface area (Å²) in [5.41, 5.74) is 1.32. The van der Waals surface area contributed by atoms with Crippen LogP contribution >= 0.6 is 11.6 Å². The van der Waals surface area contributed by atoms with Crippen LogP contribution in [0.5, 0.6) is 0 Å². The second kappa shape index (κ2) is 5.91. The maximum absolute atomic E-state index is 12.1. The second-order valence-corrected chi connectivity index (χ2v) is 4.71. The Morgan fingerprint density at radius 2 is 2.11 bits per heavy atom. The molecule has 0 fully saturated rings. The number of aliphatic hydroxyl groups is 1. The molecule has 0 aliphatic heterocycles. The number of amides is 1. The minimum absolute atomic E-state index is 0.159. The van der Waals surface area contributed by atoms with E-state index in [9.17, 15) is 9.90 Å². The van der Waals surface area contributed by atoms with E-state index in [1.807, 2.05) is 30.3 Å². The molecule has 0 aliphatic rings. The molecule has 100 valence electrons. The normalized spacial score (nSPS) is 12.2. The average molecular weight is 279 g/mol. The van der Waals surface area contributed by atoms with Crippen LogP contribution in [-0.2, 0) is 7.05 Å². The first-order valence-corrected chi connectivity index (χ1v) is 6.28. The van der Waals surface area contributed by atoms with Crippen molar-refractivity contribution in [3.05, 3.63) is 58.9 Å². The Morgan fingerprint density at radius 1 is 1.42 bits per heavy atom. The van der Waals surface area contributed by atoms with Crippen LogP contribution in [0.3, 0.4) is 0 Å². The van der Waals surface area contributed by atoms with Crippen molar-refractivity contribution in [1.82, 2.24) is 9.88 Å². The smallest absolute Gasteiger partial charge is 0.268 e. The van der Waals surface area contributed by atoms with Crippen molar-refractivity contribution in [1.29, 1.82) is 0 Å². The zero-order chi connectivity index (χ0) is 13.8. The monoisotopic (exact) mass is 278 g/mol. The first-order valence-electron chi connectivity index (χ1n) is 5.90. The minimum Gasteiger partial charge on any atom is -0.394 e. The highest BCUT2D eigenvalue weighted by Gasteiger charge is 2.17. The lowest BCUT2D eigenvalue weighted by Gasteiger charge is -2.16. The van der Waals surface area contributed by atoms with E-state index in [0.717, 1.165) is 5.56 Å². The van der Waals surface area contributed by atoms with Gasteiger partial charge in [-0.15, -0.1) is 0 Å². The van der Waals surface area contributed by atoms with Gasteiger partial charge in [0.1, 0.15) is 5.69 Å². The Kier molecular flexibility index (Phi) is 4.24. The Balaban J connectivity index is 2.15. The summed E-state index contributed by atoms with van der Waals surface area (Å²) in [4.78, 5) is 12.1. The predicted molar refractivity (Wildman–Crippen MR) is 74.2 cm³/mol. The number of hydrogen-bond acceptors (Lipinski definition) is 2. The molecule has 2 N–H and O–H groups in total. The van der Waals surface area contributed by atoms with Gasteiger partial charge >= 0.3 is 0 Å². The molecule has 0 saturated heterocycles. The van der Waals surface area contributed by atoms with Crippen molar-refractivity contribution in [2.24, 2.45) is 7.05 Å². The molecule has 19 heavy (non-hydrogen) atoms. The third kappa shape index (κ3) is 3.16. The van der Waals surface area contributed by atoms with Crippen LogP contribution in [0.15, 0.2) is 42.6 Å². The van der Waals surface area contributed by atoms with Gasteiger partial charge in [0, 0.05) is 13.2 Å². The Hall–Kier alpha value is -1.78. The van der Waals surface area contributed by atoms with Crippen LogP contribution in [0.2, 0.25) is 5.02 Å². The molecular formula is C14H15ClN2O2. The lowest BCUT2D eigenvalue weighted by Crippen LogP contribution is -2.31. The number of nitrogens with zero attached hydrogens (tertiary/aromatic N) is 1. The second-order valence-electron chi connectivity index (χ2n) is 4.27. The van der Waals surface area contributed by atoms with E-state index in [1.165, 1.54) is 0 Å². The van der Waals surface area contributed by atoms with Gasteiger partial charge in [0.15, 0.2) is 0 Å². The van der Waals surface area contributed by atoms with Crippen molar-refractivity contribution in [2.75, 3.05) is 6.61 Å². The van der Waals surface area contributed by atoms with Gasteiger partial charge in [0.25, 0.3) is 5.91 Å². The maximum atomic E-state index is 12.1. The van der Waals surface area contributed by atoms with Gasteiger partial charge in [-0.05, 0) is 11.6 Å². The van der Waals surface area contributed by atoms with E-state index in [2.05, 4.69) is 5.32 Å². The van der Waals surface area contributed by atoms with Crippen molar-refractivity contribution in [3.8, 4) is 0 Å². The Morgan fingerprint density at radius 3 is 2.63 bits per heavy atom. The Bertz CT molecular complexity index is 566. The summed E-state index contributed by atoms with van der Waals surface area (Å²) in [5, 5.41) is 12.7. The molecule has 0 bridgehead atoms. The SMILES string of the molecule is Cn1cc(Cl)cc1C(=O)N[C@H](CO)c1ccccc1. The van der Waals surface area contributed by atoms with E-state index in [1.54, 1.807) is 23.9 Å². The van der Waals surface area contributed by atoms with Gasteiger partial charge < -0.3 is 15.0 Å². The summed E-state index contributed by atoms with van der Waals surface area (Å²) in [6, 6.07) is 10.5. The van der Waals surface area contributed by atoms with E-state index >= 15 is 0 Å².